The van der Waals surface area contributed by atoms with Gasteiger partial charge >= 0.3 is 0 Å². The van der Waals surface area contributed by atoms with Crippen molar-refractivity contribution in [3.05, 3.63) is 24.0 Å². The lowest BCUT2D eigenvalue weighted by atomic mass is 10.1. The zero-order valence-corrected chi connectivity index (χ0v) is 13.8. The minimum absolute atomic E-state index is 0.0666. The molecule has 0 aliphatic carbocycles. The maximum Gasteiger partial charge on any atom is 0.273 e. The summed E-state index contributed by atoms with van der Waals surface area (Å²) in [6.45, 7) is 2.89. The number of aromatic nitrogens is 1. The van der Waals surface area contributed by atoms with Gasteiger partial charge in [-0.3, -0.25) is 4.79 Å². The minimum atomic E-state index is -0.297. The summed E-state index contributed by atoms with van der Waals surface area (Å²) in [5, 5.41) is 12.3. The van der Waals surface area contributed by atoms with Gasteiger partial charge in [-0.05, 0) is 18.6 Å². The maximum atomic E-state index is 11.8. The van der Waals surface area contributed by atoms with E-state index in [-0.39, 0.29) is 17.4 Å². The van der Waals surface area contributed by atoms with Crippen molar-refractivity contribution in [1.29, 1.82) is 0 Å². The Labute approximate surface area is 134 Å². The number of nitrogens with zero attached hydrogens (tertiary/aromatic N) is 1. The summed E-state index contributed by atoms with van der Waals surface area (Å²) >= 11 is 0. The Hall–Kier alpha value is -1.58. The van der Waals surface area contributed by atoms with Gasteiger partial charge in [-0.1, -0.05) is 64.7 Å². The van der Waals surface area contributed by atoms with E-state index in [1.165, 1.54) is 63.6 Å². The number of amides is 1. The topological polar surface area (TPSA) is 62.2 Å². The van der Waals surface area contributed by atoms with E-state index < -0.39 is 0 Å². The molecule has 0 saturated heterocycles. The Bertz CT molecular complexity index is 421. The zero-order valence-electron chi connectivity index (χ0n) is 13.8. The fourth-order valence-corrected chi connectivity index (χ4v) is 2.47. The molecule has 4 nitrogen and oxygen atoms in total. The van der Waals surface area contributed by atoms with Crippen molar-refractivity contribution in [3.8, 4) is 5.75 Å². The summed E-state index contributed by atoms with van der Waals surface area (Å²) in [7, 11) is 0. The van der Waals surface area contributed by atoms with E-state index in [0.29, 0.717) is 6.54 Å². The number of hydrogen-bond acceptors (Lipinski definition) is 3. The van der Waals surface area contributed by atoms with Crippen LogP contribution >= 0.6 is 0 Å². The molecule has 1 heterocycles. The fourth-order valence-electron chi connectivity index (χ4n) is 2.47. The molecule has 0 radical (unpaired) electrons. The Morgan fingerprint density at radius 3 is 2.23 bits per heavy atom. The van der Waals surface area contributed by atoms with Gasteiger partial charge in [0, 0.05) is 12.7 Å². The molecule has 4 heteroatoms. The van der Waals surface area contributed by atoms with Crippen LogP contribution in [0.3, 0.4) is 0 Å². The number of carbonyl (C=O) groups excluding carboxylic acids is 1. The third-order valence-electron chi connectivity index (χ3n) is 3.82. The van der Waals surface area contributed by atoms with Crippen molar-refractivity contribution in [2.24, 2.45) is 0 Å². The van der Waals surface area contributed by atoms with Crippen LogP contribution < -0.4 is 5.32 Å². The Kier molecular flexibility index (Phi) is 10.1. The number of unbranched alkanes of at least 4 members (excludes halogenated alkanes) is 9. The van der Waals surface area contributed by atoms with Gasteiger partial charge in [0.15, 0.2) is 5.69 Å². The minimum Gasteiger partial charge on any atom is -0.505 e. The van der Waals surface area contributed by atoms with E-state index >= 15 is 0 Å². The molecule has 2 N–H and O–H groups in total. The number of aromatic hydroxyl groups is 1. The predicted octanol–water partition coefficient (Wildman–Crippen LogP) is 4.44. The van der Waals surface area contributed by atoms with Crippen LogP contribution in [0.25, 0.3) is 0 Å². The molecule has 0 bridgehead atoms. The second kappa shape index (κ2) is 12.0. The molecule has 0 unspecified atom stereocenters. The van der Waals surface area contributed by atoms with Crippen molar-refractivity contribution in [1.82, 2.24) is 10.3 Å². The van der Waals surface area contributed by atoms with Gasteiger partial charge in [0.25, 0.3) is 5.91 Å². The first-order valence-electron chi connectivity index (χ1n) is 8.68. The number of carbonyl (C=O) groups is 1. The smallest absolute Gasteiger partial charge is 0.273 e. The number of hydrogen-bond donors (Lipinski definition) is 2. The first-order chi connectivity index (χ1) is 10.8. The summed E-state index contributed by atoms with van der Waals surface area (Å²) < 4.78 is 0. The van der Waals surface area contributed by atoms with E-state index in [4.69, 9.17) is 0 Å². The molecule has 22 heavy (non-hydrogen) atoms. The van der Waals surface area contributed by atoms with E-state index in [9.17, 15) is 9.90 Å². The van der Waals surface area contributed by atoms with Gasteiger partial charge in [-0.25, -0.2) is 4.98 Å². The zero-order chi connectivity index (χ0) is 16.0. The highest BCUT2D eigenvalue weighted by molar-refractivity contribution is 5.94. The second-order valence-corrected chi connectivity index (χ2v) is 5.81. The summed E-state index contributed by atoms with van der Waals surface area (Å²) in [5.74, 6) is -0.364. The van der Waals surface area contributed by atoms with Crippen LogP contribution in [0.5, 0.6) is 5.75 Å². The summed E-state index contributed by atoms with van der Waals surface area (Å²) in [4.78, 5) is 15.7. The Morgan fingerprint density at radius 2 is 1.64 bits per heavy atom. The first kappa shape index (κ1) is 18.5. The maximum absolute atomic E-state index is 11.8. The highest BCUT2D eigenvalue weighted by atomic mass is 16.3. The number of pyridine rings is 1. The quantitative estimate of drug-likeness (QED) is 0.561. The van der Waals surface area contributed by atoms with Crippen LogP contribution in [0.15, 0.2) is 18.3 Å². The van der Waals surface area contributed by atoms with Crippen LogP contribution in [0.2, 0.25) is 0 Å². The molecule has 0 aromatic carbocycles. The lowest BCUT2D eigenvalue weighted by Crippen LogP contribution is -2.25. The SMILES string of the molecule is CCCCCCCCCCCCNC(=O)c1ncccc1O. The van der Waals surface area contributed by atoms with Crippen molar-refractivity contribution >= 4 is 5.91 Å². The average Bonchev–Trinajstić information content (AvgIpc) is 2.53. The molecule has 0 atom stereocenters. The third-order valence-corrected chi connectivity index (χ3v) is 3.82. The molecule has 0 fully saturated rings. The first-order valence-corrected chi connectivity index (χ1v) is 8.68. The molecule has 0 aliphatic rings. The molecular weight excluding hydrogens is 276 g/mol. The van der Waals surface area contributed by atoms with Crippen molar-refractivity contribution in [3.63, 3.8) is 0 Å². The van der Waals surface area contributed by atoms with E-state index in [2.05, 4.69) is 17.2 Å². The monoisotopic (exact) mass is 306 g/mol. The van der Waals surface area contributed by atoms with Crippen LogP contribution in [0, 0.1) is 0 Å². The van der Waals surface area contributed by atoms with Crippen LogP contribution in [0.4, 0.5) is 0 Å². The Morgan fingerprint density at radius 1 is 1.05 bits per heavy atom. The molecular formula is C18H30N2O2. The summed E-state index contributed by atoms with van der Waals surface area (Å²) in [6.07, 6.45) is 14.3. The predicted molar refractivity (Wildman–Crippen MR) is 90.1 cm³/mol. The molecule has 0 saturated carbocycles. The van der Waals surface area contributed by atoms with Gasteiger partial charge in [0.05, 0.1) is 0 Å². The van der Waals surface area contributed by atoms with Crippen molar-refractivity contribution < 1.29 is 9.90 Å². The number of rotatable bonds is 12. The normalized spacial score (nSPS) is 10.6. The van der Waals surface area contributed by atoms with Crippen LogP contribution in [0.1, 0.15) is 81.6 Å². The summed E-state index contributed by atoms with van der Waals surface area (Å²) in [5.41, 5.74) is 0.106. The lowest BCUT2D eigenvalue weighted by Gasteiger charge is -2.06. The molecule has 0 aliphatic heterocycles. The van der Waals surface area contributed by atoms with E-state index in [1.54, 1.807) is 6.07 Å². The summed E-state index contributed by atoms with van der Waals surface area (Å²) in [6, 6.07) is 3.08. The molecule has 124 valence electrons. The van der Waals surface area contributed by atoms with Gasteiger partial charge in [-0.15, -0.1) is 0 Å². The standard InChI is InChI=1S/C18H30N2O2/c1-2-3-4-5-6-7-8-9-10-11-14-20-18(22)17-16(21)13-12-15-19-17/h12-13,15,21H,2-11,14H2,1H3,(H,20,22). The van der Waals surface area contributed by atoms with Crippen molar-refractivity contribution in [2.45, 2.75) is 71.1 Å². The number of nitrogens with one attached hydrogen (secondary N) is 1. The third kappa shape index (κ3) is 8.01. The molecule has 1 rings (SSSR count). The second-order valence-electron chi connectivity index (χ2n) is 5.81. The molecule has 0 spiro atoms. The van der Waals surface area contributed by atoms with Gasteiger partial charge in [-0.2, -0.15) is 0 Å². The van der Waals surface area contributed by atoms with Crippen molar-refractivity contribution in [2.75, 3.05) is 6.54 Å². The Balaban J connectivity index is 1.95. The average molecular weight is 306 g/mol. The fraction of sp³-hybridized carbons (Fsp3) is 0.667. The van der Waals surface area contributed by atoms with Gasteiger partial charge in [0.2, 0.25) is 0 Å². The highest BCUT2D eigenvalue weighted by Gasteiger charge is 2.10. The van der Waals surface area contributed by atoms with Gasteiger partial charge in [0.1, 0.15) is 5.75 Å². The van der Waals surface area contributed by atoms with E-state index in [0.717, 1.165) is 12.8 Å². The highest BCUT2D eigenvalue weighted by Crippen LogP contribution is 2.12. The van der Waals surface area contributed by atoms with E-state index in [1.807, 2.05) is 0 Å². The van der Waals surface area contributed by atoms with Gasteiger partial charge < -0.3 is 10.4 Å². The lowest BCUT2D eigenvalue weighted by molar-refractivity contribution is 0.0945. The molecule has 1 aromatic rings. The molecule has 1 aromatic heterocycles. The largest absolute Gasteiger partial charge is 0.505 e. The molecule has 1 amide bonds. The van der Waals surface area contributed by atoms with Crippen LogP contribution in [-0.4, -0.2) is 22.5 Å². The van der Waals surface area contributed by atoms with Crippen LogP contribution in [-0.2, 0) is 0 Å².